The van der Waals surface area contributed by atoms with E-state index >= 15 is 0 Å². The van der Waals surface area contributed by atoms with Crippen molar-refractivity contribution in [2.75, 3.05) is 6.61 Å². The smallest absolute Gasteiger partial charge is 0.422 e. The Morgan fingerprint density at radius 1 is 0.706 bits per heavy atom. The van der Waals surface area contributed by atoms with Crippen molar-refractivity contribution in [1.82, 2.24) is 0 Å². The zero-order valence-corrected chi connectivity index (χ0v) is 7.64. The van der Waals surface area contributed by atoms with E-state index in [-0.39, 0.29) is 0 Å². The number of ether oxygens (including phenoxy) is 1. The van der Waals surface area contributed by atoms with Gasteiger partial charge in [0.15, 0.2) is 12.4 Å². The minimum absolute atomic E-state index is 1.96. The zero-order chi connectivity index (χ0) is 13.4. The molecule has 0 aliphatic heterocycles. The van der Waals surface area contributed by atoms with Crippen LogP contribution in [-0.4, -0.2) is 12.8 Å². The lowest BCUT2D eigenvalue weighted by Gasteiger charge is -2.11. The fourth-order valence-electron chi connectivity index (χ4n) is 0.865. The van der Waals surface area contributed by atoms with Gasteiger partial charge in [-0.25, -0.2) is 13.2 Å². The Kier molecular flexibility index (Phi) is 3.48. The number of alkyl halides is 3. The summed E-state index contributed by atoms with van der Waals surface area (Å²) in [5.41, 5.74) is 0. The molecule has 0 saturated heterocycles. The minimum Gasteiger partial charge on any atom is -0.478 e. The number of rotatable bonds is 2. The molecule has 0 N–H and O–H groups in total. The van der Waals surface area contributed by atoms with Gasteiger partial charge in [0.05, 0.1) is 0 Å². The lowest BCUT2D eigenvalue weighted by atomic mass is 10.2. The van der Waals surface area contributed by atoms with Crippen molar-refractivity contribution in [1.29, 1.82) is 0 Å². The summed E-state index contributed by atoms with van der Waals surface area (Å²) in [6.07, 6.45) is -4.97. The van der Waals surface area contributed by atoms with Gasteiger partial charge in [-0.3, -0.25) is 0 Å². The molecule has 17 heavy (non-hydrogen) atoms. The van der Waals surface area contributed by atoms with E-state index in [1.54, 1.807) is 0 Å². The molecular weight excluding hydrogens is 264 g/mol. The quantitative estimate of drug-likeness (QED) is 0.453. The van der Waals surface area contributed by atoms with Gasteiger partial charge in [-0.1, -0.05) is 0 Å². The first-order valence-electron chi connectivity index (χ1n) is 3.86. The molecule has 0 saturated carbocycles. The van der Waals surface area contributed by atoms with E-state index in [2.05, 4.69) is 4.74 Å². The SMILES string of the molecule is Fc1c(F)c(F)c(OCC(F)(F)F)c(F)c1F. The Bertz CT molecular complexity index is 409. The molecule has 0 heterocycles. The first-order chi connectivity index (χ1) is 7.65. The highest BCUT2D eigenvalue weighted by Gasteiger charge is 2.32. The first-order valence-corrected chi connectivity index (χ1v) is 3.86. The zero-order valence-electron chi connectivity index (χ0n) is 7.64. The van der Waals surface area contributed by atoms with Crippen LogP contribution in [0.15, 0.2) is 0 Å². The van der Waals surface area contributed by atoms with Crippen molar-refractivity contribution in [2.24, 2.45) is 0 Å². The molecule has 0 amide bonds. The molecule has 0 bridgehead atoms. The molecule has 1 aromatic carbocycles. The van der Waals surface area contributed by atoms with Crippen LogP contribution in [0.4, 0.5) is 35.1 Å². The number of hydrogen-bond donors (Lipinski definition) is 0. The van der Waals surface area contributed by atoms with Crippen LogP contribution in [-0.2, 0) is 0 Å². The van der Waals surface area contributed by atoms with Crippen molar-refractivity contribution in [3.63, 3.8) is 0 Å². The van der Waals surface area contributed by atoms with Gasteiger partial charge in [-0.2, -0.15) is 22.0 Å². The summed E-state index contributed by atoms with van der Waals surface area (Å²) in [6, 6.07) is 0. The summed E-state index contributed by atoms with van der Waals surface area (Å²) in [5, 5.41) is 0. The monoisotopic (exact) mass is 266 g/mol. The van der Waals surface area contributed by atoms with E-state index in [4.69, 9.17) is 0 Å². The second-order valence-corrected chi connectivity index (χ2v) is 2.80. The highest BCUT2D eigenvalue weighted by molar-refractivity contribution is 5.29. The number of benzene rings is 1. The molecule has 0 aliphatic carbocycles. The Labute approximate surface area is 88.6 Å². The van der Waals surface area contributed by atoms with Crippen molar-refractivity contribution < 1.29 is 39.9 Å². The van der Waals surface area contributed by atoms with Crippen molar-refractivity contribution in [3.8, 4) is 5.75 Å². The summed E-state index contributed by atoms with van der Waals surface area (Å²) in [7, 11) is 0. The molecule has 1 rings (SSSR count). The molecule has 0 fully saturated rings. The van der Waals surface area contributed by atoms with Gasteiger partial charge in [0.2, 0.25) is 29.1 Å². The van der Waals surface area contributed by atoms with Crippen LogP contribution in [0.5, 0.6) is 5.75 Å². The van der Waals surface area contributed by atoms with Gasteiger partial charge < -0.3 is 4.74 Å². The Balaban J connectivity index is 3.16. The van der Waals surface area contributed by atoms with Crippen LogP contribution in [0.1, 0.15) is 0 Å². The lowest BCUT2D eigenvalue weighted by Crippen LogP contribution is -2.21. The predicted molar refractivity (Wildman–Crippen MR) is 37.8 cm³/mol. The number of halogens is 8. The third-order valence-corrected chi connectivity index (χ3v) is 1.55. The van der Waals surface area contributed by atoms with Gasteiger partial charge in [0.1, 0.15) is 0 Å². The van der Waals surface area contributed by atoms with E-state index in [0.29, 0.717) is 0 Å². The molecule has 9 heteroatoms. The molecule has 0 radical (unpaired) electrons. The second-order valence-electron chi connectivity index (χ2n) is 2.80. The summed E-state index contributed by atoms with van der Waals surface area (Å²) < 4.78 is 101. The van der Waals surface area contributed by atoms with Crippen LogP contribution in [0.2, 0.25) is 0 Å². The maximum absolute atomic E-state index is 12.8. The largest absolute Gasteiger partial charge is 0.478 e. The van der Waals surface area contributed by atoms with E-state index in [1.165, 1.54) is 0 Å². The predicted octanol–water partition coefficient (Wildman–Crippen LogP) is 3.32. The molecule has 1 nitrogen and oxygen atoms in total. The van der Waals surface area contributed by atoms with Gasteiger partial charge in [-0.05, 0) is 0 Å². The standard InChI is InChI=1S/C8H2F8O/c9-2-3(10)5(12)7(6(13)4(2)11)17-1-8(14,15)16/h1H2. The normalized spacial score (nSPS) is 11.8. The van der Waals surface area contributed by atoms with Gasteiger partial charge in [0.25, 0.3) is 0 Å². The van der Waals surface area contributed by atoms with Crippen molar-refractivity contribution in [2.45, 2.75) is 6.18 Å². The molecule has 0 aliphatic rings. The maximum Gasteiger partial charge on any atom is 0.422 e. The van der Waals surface area contributed by atoms with Crippen LogP contribution < -0.4 is 4.74 Å². The first kappa shape index (κ1) is 13.5. The Morgan fingerprint density at radius 3 is 1.41 bits per heavy atom. The number of hydrogen-bond acceptors (Lipinski definition) is 1. The van der Waals surface area contributed by atoms with Gasteiger partial charge in [0, 0.05) is 0 Å². The maximum atomic E-state index is 12.8. The fourth-order valence-corrected chi connectivity index (χ4v) is 0.865. The molecule has 0 aromatic heterocycles. The third-order valence-electron chi connectivity index (χ3n) is 1.55. The van der Waals surface area contributed by atoms with E-state index < -0.39 is 47.6 Å². The second kappa shape index (κ2) is 4.38. The molecular formula is C8H2F8O. The molecule has 0 unspecified atom stereocenters. The van der Waals surface area contributed by atoms with Gasteiger partial charge >= 0.3 is 6.18 Å². The lowest BCUT2D eigenvalue weighted by molar-refractivity contribution is -0.154. The minimum atomic E-state index is -4.97. The van der Waals surface area contributed by atoms with Crippen LogP contribution in [0.3, 0.4) is 0 Å². The highest BCUT2D eigenvalue weighted by atomic mass is 19.4. The summed E-state index contributed by atoms with van der Waals surface area (Å²) in [6.45, 7) is -2.18. The van der Waals surface area contributed by atoms with Crippen LogP contribution in [0, 0.1) is 29.1 Å². The summed E-state index contributed by atoms with van der Waals surface area (Å²) >= 11 is 0. The van der Waals surface area contributed by atoms with Crippen LogP contribution >= 0.6 is 0 Å². The Morgan fingerprint density at radius 2 is 1.06 bits per heavy atom. The molecule has 1 aromatic rings. The topological polar surface area (TPSA) is 9.23 Å². The summed E-state index contributed by atoms with van der Waals surface area (Å²) in [4.78, 5) is 0. The molecule has 96 valence electrons. The van der Waals surface area contributed by atoms with E-state index in [1.807, 2.05) is 0 Å². The highest BCUT2D eigenvalue weighted by Crippen LogP contribution is 2.30. The fraction of sp³-hybridized carbons (Fsp3) is 0.250. The van der Waals surface area contributed by atoms with E-state index in [0.717, 1.165) is 0 Å². The molecule has 0 spiro atoms. The van der Waals surface area contributed by atoms with Crippen LogP contribution in [0.25, 0.3) is 0 Å². The average Bonchev–Trinajstić information content (AvgIpc) is 2.22. The summed E-state index contributed by atoms with van der Waals surface area (Å²) in [5.74, 6) is -14.1. The Hall–Kier alpha value is -1.54. The van der Waals surface area contributed by atoms with E-state index in [9.17, 15) is 35.1 Å². The third kappa shape index (κ3) is 2.77. The van der Waals surface area contributed by atoms with Crippen molar-refractivity contribution in [3.05, 3.63) is 29.1 Å². The average molecular weight is 266 g/mol. The van der Waals surface area contributed by atoms with Gasteiger partial charge in [-0.15, -0.1) is 0 Å². The van der Waals surface area contributed by atoms with Crippen molar-refractivity contribution >= 4 is 0 Å². The molecule has 0 atom stereocenters.